The number of hydrogen-bond donors (Lipinski definition) is 2. The van der Waals surface area contributed by atoms with Gasteiger partial charge >= 0.3 is 6.18 Å². The van der Waals surface area contributed by atoms with Crippen molar-refractivity contribution in [3.63, 3.8) is 0 Å². The largest absolute Gasteiger partial charge is 0.417 e. The van der Waals surface area contributed by atoms with Crippen LogP contribution in [0.25, 0.3) is 0 Å². The van der Waals surface area contributed by atoms with E-state index in [0.29, 0.717) is 25.6 Å². The highest BCUT2D eigenvalue weighted by Crippen LogP contribution is 2.33. The van der Waals surface area contributed by atoms with E-state index in [1.54, 1.807) is 6.07 Å². The summed E-state index contributed by atoms with van der Waals surface area (Å²) in [6.45, 7) is 2.12. The predicted octanol–water partition coefficient (Wildman–Crippen LogP) is 3.46. The summed E-state index contributed by atoms with van der Waals surface area (Å²) in [5, 5.41) is 21.8. The number of alkyl halides is 3. The second-order valence-corrected chi connectivity index (χ2v) is 7.47. The van der Waals surface area contributed by atoms with Crippen LogP contribution in [0, 0.1) is 17.1 Å². The maximum Gasteiger partial charge on any atom is 0.417 e. The first kappa shape index (κ1) is 21.7. The molecule has 158 valence electrons. The molecule has 2 aromatic carbocycles. The van der Waals surface area contributed by atoms with Crippen LogP contribution in [0.5, 0.6) is 0 Å². The van der Waals surface area contributed by atoms with Crippen molar-refractivity contribution in [1.29, 1.82) is 5.26 Å². The lowest BCUT2D eigenvalue weighted by atomic mass is 9.97. The molecular formula is C21H19F4N3O2. The van der Waals surface area contributed by atoms with E-state index >= 15 is 0 Å². The third-order valence-corrected chi connectivity index (χ3v) is 4.98. The number of fused-ring (bicyclic) bond motifs is 1. The Balaban J connectivity index is 1.71. The number of β-amino-alcohol motifs (C(OH)–C–C–N with tert-alkyl or cyclic N) is 1. The molecule has 1 atom stereocenters. The van der Waals surface area contributed by atoms with Crippen molar-refractivity contribution in [2.24, 2.45) is 0 Å². The van der Waals surface area contributed by atoms with Gasteiger partial charge in [0, 0.05) is 25.3 Å². The van der Waals surface area contributed by atoms with Gasteiger partial charge in [0.25, 0.3) is 5.91 Å². The average molecular weight is 421 g/mol. The Kier molecular flexibility index (Phi) is 5.83. The fraction of sp³-hybridized carbons (Fsp3) is 0.333. The summed E-state index contributed by atoms with van der Waals surface area (Å²) in [5.41, 5.74) is -2.03. The van der Waals surface area contributed by atoms with Crippen molar-refractivity contribution in [3.05, 3.63) is 64.5 Å². The van der Waals surface area contributed by atoms with Crippen molar-refractivity contribution >= 4 is 11.6 Å². The highest BCUT2D eigenvalue weighted by atomic mass is 19.4. The van der Waals surface area contributed by atoms with Gasteiger partial charge in [-0.3, -0.25) is 9.69 Å². The molecule has 30 heavy (non-hydrogen) atoms. The molecule has 0 aromatic heterocycles. The highest BCUT2D eigenvalue weighted by molar-refractivity contribution is 5.97. The first-order valence-electron chi connectivity index (χ1n) is 9.14. The van der Waals surface area contributed by atoms with Crippen LogP contribution in [0.3, 0.4) is 0 Å². The minimum Gasteiger partial charge on any atom is -0.379 e. The molecule has 0 fully saturated rings. The van der Waals surface area contributed by atoms with E-state index in [1.165, 1.54) is 31.2 Å². The van der Waals surface area contributed by atoms with Crippen LogP contribution < -0.4 is 5.32 Å². The number of nitrogens with one attached hydrogen (secondary N) is 1. The maximum absolute atomic E-state index is 13.3. The minimum absolute atomic E-state index is 0.0575. The molecule has 0 bridgehead atoms. The van der Waals surface area contributed by atoms with E-state index in [9.17, 15) is 27.5 Å². The normalized spacial score (nSPS) is 16.3. The van der Waals surface area contributed by atoms with E-state index in [4.69, 9.17) is 5.26 Å². The predicted molar refractivity (Wildman–Crippen MR) is 101 cm³/mol. The first-order chi connectivity index (χ1) is 14.0. The number of carbonyl (C=O) groups excluding carboxylic acids is 1. The van der Waals surface area contributed by atoms with Crippen molar-refractivity contribution in [2.75, 3.05) is 18.4 Å². The number of nitrogens with zero attached hydrogens (tertiary/aromatic N) is 2. The summed E-state index contributed by atoms with van der Waals surface area (Å²) >= 11 is 0. The van der Waals surface area contributed by atoms with E-state index in [2.05, 4.69) is 5.32 Å². The van der Waals surface area contributed by atoms with E-state index in [-0.39, 0.29) is 18.0 Å². The second kappa shape index (κ2) is 8.05. The van der Waals surface area contributed by atoms with E-state index < -0.39 is 28.8 Å². The number of benzene rings is 2. The Morgan fingerprint density at radius 3 is 2.63 bits per heavy atom. The number of nitriles is 1. The minimum atomic E-state index is -4.75. The Labute approximate surface area is 170 Å². The summed E-state index contributed by atoms with van der Waals surface area (Å²) in [4.78, 5) is 14.3. The Hall–Kier alpha value is -2.96. The first-order valence-corrected chi connectivity index (χ1v) is 9.14. The van der Waals surface area contributed by atoms with Crippen molar-refractivity contribution in [2.45, 2.75) is 31.7 Å². The molecule has 1 unspecified atom stereocenters. The Morgan fingerprint density at radius 1 is 1.23 bits per heavy atom. The molecule has 1 aliphatic heterocycles. The lowest BCUT2D eigenvalue weighted by molar-refractivity contribution is -0.138. The van der Waals surface area contributed by atoms with Crippen LogP contribution in [0.1, 0.15) is 29.2 Å². The van der Waals surface area contributed by atoms with Crippen LogP contribution in [0.2, 0.25) is 0 Å². The number of halogens is 4. The quantitative estimate of drug-likeness (QED) is 0.742. The molecule has 1 heterocycles. The maximum atomic E-state index is 13.3. The average Bonchev–Trinajstić information content (AvgIpc) is 2.67. The smallest absolute Gasteiger partial charge is 0.379 e. The van der Waals surface area contributed by atoms with Gasteiger partial charge in [0.15, 0.2) is 5.60 Å². The number of carbonyl (C=O) groups is 1. The fourth-order valence-corrected chi connectivity index (χ4v) is 3.44. The Bertz CT molecular complexity index is 1010. The molecule has 1 amide bonds. The molecule has 5 nitrogen and oxygen atoms in total. The van der Waals surface area contributed by atoms with Crippen LogP contribution in [0.4, 0.5) is 23.2 Å². The fourth-order valence-electron chi connectivity index (χ4n) is 3.44. The Morgan fingerprint density at radius 2 is 1.97 bits per heavy atom. The van der Waals surface area contributed by atoms with Crippen LogP contribution >= 0.6 is 0 Å². The standard InChI is InChI=1S/C21H19F4N3O2/c1-20(30,12-28-7-6-13-8-16(22)4-2-15(13)11-28)19(29)27-17-5-3-14(10-26)18(9-17)21(23,24)25/h2-5,8-9,30H,6-7,11-12H2,1H3,(H,27,29). The number of hydrogen-bond acceptors (Lipinski definition) is 4. The highest BCUT2D eigenvalue weighted by Gasteiger charge is 2.36. The number of amides is 1. The SMILES string of the molecule is CC(O)(CN1CCc2cc(F)ccc2C1)C(=O)Nc1ccc(C#N)c(C(F)(F)F)c1. The third kappa shape index (κ3) is 4.78. The molecule has 0 aliphatic carbocycles. The molecule has 0 saturated carbocycles. The van der Waals surface area contributed by atoms with Gasteiger partial charge in [-0.25, -0.2) is 4.39 Å². The lowest BCUT2D eigenvalue weighted by Crippen LogP contribution is -2.50. The number of anilines is 1. The zero-order valence-electron chi connectivity index (χ0n) is 16.1. The van der Waals surface area contributed by atoms with Gasteiger partial charge in [-0.05, 0) is 54.8 Å². The van der Waals surface area contributed by atoms with E-state index in [1.807, 2.05) is 4.90 Å². The zero-order chi connectivity index (χ0) is 22.1. The second-order valence-electron chi connectivity index (χ2n) is 7.47. The van der Waals surface area contributed by atoms with Crippen LogP contribution in [0.15, 0.2) is 36.4 Å². The molecule has 0 saturated heterocycles. The van der Waals surface area contributed by atoms with Gasteiger partial charge in [-0.1, -0.05) is 6.07 Å². The lowest BCUT2D eigenvalue weighted by Gasteiger charge is -2.34. The molecule has 0 spiro atoms. The molecule has 0 radical (unpaired) electrons. The van der Waals surface area contributed by atoms with Gasteiger partial charge < -0.3 is 10.4 Å². The van der Waals surface area contributed by atoms with Gasteiger partial charge in [-0.15, -0.1) is 0 Å². The third-order valence-electron chi connectivity index (χ3n) is 4.98. The van der Waals surface area contributed by atoms with Crippen molar-refractivity contribution in [1.82, 2.24) is 4.90 Å². The summed E-state index contributed by atoms with van der Waals surface area (Å²) in [7, 11) is 0. The summed E-state index contributed by atoms with van der Waals surface area (Å²) < 4.78 is 52.6. The number of aliphatic hydroxyl groups is 1. The molecule has 9 heteroatoms. The van der Waals surface area contributed by atoms with Crippen molar-refractivity contribution < 1.29 is 27.5 Å². The summed E-state index contributed by atoms with van der Waals surface area (Å²) in [6, 6.07) is 8.73. The van der Waals surface area contributed by atoms with Gasteiger partial charge in [0.05, 0.1) is 17.2 Å². The molecule has 2 N–H and O–H groups in total. The summed E-state index contributed by atoms with van der Waals surface area (Å²) in [6.07, 6.45) is -4.20. The number of rotatable bonds is 4. The van der Waals surface area contributed by atoms with Crippen LogP contribution in [-0.2, 0) is 23.9 Å². The molecule has 1 aliphatic rings. The van der Waals surface area contributed by atoms with Crippen molar-refractivity contribution in [3.8, 4) is 6.07 Å². The topological polar surface area (TPSA) is 76.4 Å². The molecule has 3 rings (SSSR count). The molecule has 2 aromatic rings. The van der Waals surface area contributed by atoms with Gasteiger partial charge in [-0.2, -0.15) is 18.4 Å². The van der Waals surface area contributed by atoms with E-state index in [0.717, 1.165) is 17.2 Å². The van der Waals surface area contributed by atoms with Crippen LogP contribution in [-0.4, -0.2) is 34.6 Å². The summed E-state index contributed by atoms with van der Waals surface area (Å²) in [5.74, 6) is -1.19. The van der Waals surface area contributed by atoms with Gasteiger partial charge in [0.2, 0.25) is 0 Å². The zero-order valence-corrected chi connectivity index (χ0v) is 16.1. The van der Waals surface area contributed by atoms with Gasteiger partial charge in [0.1, 0.15) is 5.82 Å². The monoisotopic (exact) mass is 421 g/mol. The molecular weight excluding hydrogens is 402 g/mol.